The van der Waals surface area contributed by atoms with E-state index < -0.39 is 0 Å². The number of nitrogens with one attached hydrogen (secondary N) is 1. The highest BCUT2D eigenvalue weighted by Gasteiger charge is 2.12. The lowest BCUT2D eigenvalue weighted by Gasteiger charge is -2.13. The largest absolute Gasteiger partial charge is 0.398 e. The molecular formula is C18H22N2O. The number of amides is 1. The number of carbonyl (C=O) groups is 1. The van der Waals surface area contributed by atoms with Gasteiger partial charge in [-0.25, -0.2) is 0 Å². The van der Waals surface area contributed by atoms with Gasteiger partial charge in [-0.1, -0.05) is 37.6 Å². The summed E-state index contributed by atoms with van der Waals surface area (Å²) in [5.74, 6) is -0.109. The van der Waals surface area contributed by atoms with E-state index in [0.29, 0.717) is 11.3 Å². The van der Waals surface area contributed by atoms with E-state index in [1.54, 1.807) is 6.07 Å². The molecule has 0 unspecified atom stereocenters. The Morgan fingerprint density at radius 3 is 2.57 bits per heavy atom. The minimum absolute atomic E-state index is 0.109. The first-order valence-electron chi connectivity index (χ1n) is 7.29. The molecule has 0 bridgehead atoms. The van der Waals surface area contributed by atoms with Gasteiger partial charge in [0.05, 0.1) is 0 Å². The predicted octanol–water partition coefficient (Wildman–Crippen LogP) is 4.09. The van der Waals surface area contributed by atoms with Crippen LogP contribution >= 0.6 is 0 Å². The van der Waals surface area contributed by atoms with Crippen LogP contribution in [0.5, 0.6) is 0 Å². The number of nitrogen functional groups attached to an aromatic ring is 1. The number of hydrogen-bond donors (Lipinski definition) is 2. The van der Waals surface area contributed by atoms with Gasteiger partial charge in [0, 0.05) is 16.9 Å². The molecule has 0 saturated carbocycles. The molecule has 0 radical (unpaired) electrons. The summed E-state index contributed by atoms with van der Waals surface area (Å²) in [6.45, 7) is 6.00. The lowest BCUT2D eigenvalue weighted by molar-refractivity contribution is 0.102. The summed E-state index contributed by atoms with van der Waals surface area (Å²) < 4.78 is 0. The molecule has 0 saturated heterocycles. The third kappa shape index (κ3) is 3.43. The third-order valence-corrected chi connectivity index (χ3v) is 3.64. The molecule has 3 heteroatoms. The maximum atomic E-state index is 12.5. The van der Waals surface area contributed by atoms with E-state index >= 15 is 0 Å². The predicted molar refractivity (Wildman–Crippen MR) is 88.7 cm³/mol. The molecule has 0 fully saturated rings. The van der Waals surface area contributed by atoms with Crippen molar-refractivity contribution in [3.8, 4) is 0 Å². The fourth-order valence-corrected chi connectivity index (χ4v) is 2.43. The second-order valence-electron chi connectivity index (χ2n) is 5.38. The Labute approximate surface area is 126 Å². The van der Waals surface area contributed by atoms with E-state index in [9.17, 15) is 4.79 Å². The maximum absolute atomic E-state index is 12.5. The van der Waals surface area contributed by atoms with Crippen LogP contribution in [0.2, 0.25) is 0 Å². The lowest BCUT2D eigenvalue weighted by atomic mass is 10.0. The van der Waals surface area contributed by atoms with Crippen LogP contribution in [0.4, 0.5) is 11.4 Å². The Bertz CT molecular complexity index is 662. The topological polar surface area (TPSA) is 55.1 Å². The summed E-state index contributed by atoms with van der Waals surface area (Å²) in [6.07, 6.45) is 1.99. The van der Waals surface area contributed by atoms with Gasteiger partial charge in [0.15, 0.2) is 0 Å². The third-order valence-electron chi connectivity index (χ3n) is 3.64. The molecule has 3 nitrogen and oxygen atoms in total. The van der Waals surface area contributed by atoms with Gasteiger partial charge in [-0.2, -0.15) is 0 Å². The molecule has 2 rings (SSSR count). The van der Waals surface area contributed by atoms with Gasteiger partial charge < -0.3 is 11.1 Å². The first kappa shape index (κ1) is 15.1. The maximum Gasteiger partial charge on any atom is 0.256 e. The highest BCUT2D eigenvalue weighted by atomic mass is 16.1. The van der Waals surface area contributed by atoms with Crippen molar-refractivity contribution in [2.75, 3.05) is 11.1 Å². The van der Waals surface area contributed by atoms with E-state index in [1.807, 2.05) is 38.1 Å². The number of carbonyl (C=O) groups excluding carboxylic acids is 1. The van der Waals surface area contributed by atoms with Crippen LogP contribution in [-0.2, 0) is 6.42 Å². The van der Waals surface area contributed by atoms with Gasteiger partial charge in [-0.05, 0) is 49.1 Å². The number of rotatable bonds is 4. The summed E-state index contributed by atoms with van der Waals surface area (Å²) in [6, 6.07) is 11.6. The second-order valence-corrected chi connectivity index (χ2v) is 5.38. The molecule has 0 aliphatic heterocycles. The normalized spacial score (nSPS) is 10.4. The SMILES string of the molecule is CCCc1ccccc1NC(=O)c1cc(N)c(C)cc1C. The van der Waals surface area contributed by atoms with Crippen molar-refractivity contribution >= 4 is 17.3 Å². The number of para-hydroxylation sites is 1. The van der Waals surface area contributed by atoms with Crippen molar-refractivity contribution < 1.29 is 4.79 Å². The Morgan fingerprint density at radius 2 is 1.86 bits per heavy atom. The summed E-state index contributed by atoms with van der Waals surface area (Å²) in [4.78, 5) is 12.5. The quantitative estimate of drug-likeness (QED) is 0.830. The van der Waals surface area contributed by atoms with E-state index in [2.05, 4.69) is 18.3 Å². The Hall–Kier alpha value is -2.29. The van der Waals surface area contributed by atoms with E-state index in [4.69, 9.17) is 5.73 Å². The Balaban J connectivity index is 2.28. The minimum Gasteiger partial charge on any atom is -0.398 e. The Morgan fingerprint density at radius 1 is 1.14 bits per heavy atom. The van der Waals surface area contributed by atoms with Crippen molar-refractivity contribution in [3.05, 3.63) is 58.7 Å². The molecule has 3 N–H and O–H groups in total. The highest BCUT2D eigenvalue weighted by Crippen LogP contribution is 2.21. The van der Waals surface area contributed by atoms with Crippen molar-refractivity contribution in [1.82, 2.24) is 0 Å². The number of aryl methyl sites for hydroxylation is 3. The van der Waals surface area contributed by atoms with E-state index in [1.165, 1.54) is 0 Å². The highest BCUT2D eigenvalue weighted by molar-refractivity contribution is 6.06. The summed E-state index contributed by atoms with van der Waals surface area (Å²) in [5.41, 5.74) is 11.2. The van der Waals surface area contributed by atoms with Crippen LogP contribution in [0.15, 0.2) is 36.4 Å². The van der Waals surface area contributed by atoms with Crippen molar-refractivity contribution in [3.63, 3.8) is 0 Å². The zero-order chi connectivity index (χ0) is 15.4. The standard InChI is InChI=1S/C18H22N2O/c1-4-7-14-8-5-6-9-17(14)20-18(21)15-11-16(19)13(3)10-12(15)2/h5-6,8-11H,4,7,19H2,1-3H3,(H,20,21). The van der Waals surface area contributed by atoms with Crippen molar-refractivity contribution in [1.29, 1.82) is 0 Å². The number of nitrogens with two attached hydrogens (primary N) is 1. The van der Waals surface area contributed by atoms with Crippen molar-refractivity contribution in [2.24, 2.45) is 0 Å². The molecule has 2 aromatic carbocycles. The van der Waals surface area contributed by atoms with Gasteiger partial charge in [0.25, 0.3) is 5.91 Å². The van der Waals surface area contributed by atoms with Gasteiger partial charge in [-0.3, -0.25) is 4.79 Å². The summed E-state index contributed by atoms with van der Waals surface area (Å²) >= 11 is 0. The van der Waals surface area contributed by atoms with Crippen LogP contribution in [0, 0.1) is 13.8 Å². The minimum atomic E-state index is -0.109. The lowest BCUT2D eigenvalue weighted by Crippen LogP contribution is -2.15. The average molecular weight is 282 g/mol. The van der Waals surface area contributed by atoms with Gasteiger partial charge >= 0.3 is 0 Å². The molecule has 0 aliphatic rings. The summed E-state index contributed by atoms with van der Waals surface area (Å²) in [7, 11) is 0. The summed E-state index contributed by atoms with van der Waals surface area (Å²) in [5, 5.41) is 3.00. The van der Waals surface area contributed by atoms with Crippen LogP contribution in [-0.4, -0.2) is 5.91 Å². The van der Waals surface area contributed by atoms with Gasteiger partial charge in [0.2, 0.25) is 0 Å². The molecule has 0 aromatic heterocycles. The van der Waals surface area contributed by atoms with Gasteiger partial charge in [-0.15, -0.1) is 0 Å². The fraction of sp³-hybridized carbons (Fsp3) is 0.278. The van der Waals surface area contributed by atoms with E-state index in [0.717, 1.165) is 35.2 Å². The monoisotopic (exact) mass is 282 g/mol. The van der Waals surface area contributed by atoms with Crippen LogP contribution in [0.3, 0.4) is 0 Å². The molecule has 2 aromatic rings. The Kier molecular flexibility index (Phi) is 4.63. The zero-order valence-electron chi connectivity index (χ0n) is 12.9. The van der Waals surface area contributed by atoms with Crippen LogP contribution in [0.25, 0.3) is 0 Å². The first-order chi connectivity index (χ1) is 10.0. The second kappa shape index (κ2) is 6.44. The molecule has 1 amide bonds. The first-order valence-corrected chi connectivity index (χ1v) is 7.29. The molecule has 21 heavy (non-hydrogen) atoms. The van der Waals surface area contributed by atoms with Gasteiger partial charge in [0.1, 0.15) is 0 Å². The molecule has 110 valence electrons. The smallest absolute Gasteiger partial charge is 0.256 e. The molecular weight excluding hydrogens is 260 g/mol. The average Bonchev–Trinajstić information content (AvgIpc) is 2.45. The fourth-order valence-electron chi connectivity index (χ4n) is 2.43. The number of hydrogen-bond acceptors (Lipinski definition) is 2. The molecule has 0 spiro atoms. The number of benzene rings is 2. The zero-order valence-corrected chi connectivity index (χ0v) is 12.9. The van der Waals surface area contributed by atoms with Crippen LogP contribution < -0.4 is 11.1 Å². The molecule has 0 aliphatic carbocycles. The van der Waals surface area contributed by atoms with Crippen LogP contribution in [0.1, 0.15) is 40.4 Å². The van der Waals surface area contributed by atoms with Crippen molar-refractivity contribution in [2.45, 2.75) is 33.6 Å². The van der Waals surface area contributed by atoms with E-state index in [-0.39, 0.29) is 5.91 Å². The molecule has 0 heterocycles. The molecule has 0 atom stereocenters. The number of anilines is 2.